The number of likely N-dealkylation sites (N-methyl/N-ethyl adjacent to an activating group) is 1. The number of hydrogen-bond donors (Lipinski definition) is 1. The van der Waals surface area contributed by atoms with Crippen LogP contribution in [0.25, 0.3) is 0 Å². The number of alkyl halides is 9. The zero-order chi connectivity index (χ0) is 35.3. The maximum absolute atomic E-state index is 13.9. The third kappa shape index (κ3) is 10.2. The molecule has 0 radical (unpaired) electrons. The first-order valence-corrected chi connectivity index (χ1v) is 14.2. The zero-order valence-electron chi connectivity index (χ0n) is 26.0. The molecule has 0 aliphatic carbocycles. The fourth-order valence-electron chi connectivity index (χ4n) is 5.03. The van der Waals surface area contributed by atoms with Crippen LogP contribution in [-0.4, -0.2) is 45.1 Å². The van der Waals surface area contributed by atoms with Crippen LogP contribution in [0.4, 0.5) is 39.5 Å². The fraction of sp³-hybridized carbons (Fsp3) is 0.433. The Kier molecular flexibility index (Phi) is 11.7. The minimum absolute atomic E-state index is 0.0103. The molecule has 1 unspecified atom stereocenters. The van der Waals surface area contributed by atoms with Crippen LogP contribution in [-0.2, 0) is 38.2 Å². The van der Waals surface area contributed by atoms with E-state index >= 15 is 0 Å². The van der Waals surface area contributed by atoms with Crippen molar-refractivity contribution < 1.29 is 39.5 Å². The van der Waals surface area contributed by atoms with Crippen molar-refractivity contribution in [2.45, 2.75) is 64.5 Å². The first-order valence-electron chi connectivity index (χ1n) is 14.2. The second-order valence-corrected chi connectivity index (χ2v) is 10.9. The van der Waals surface area contributed by atoms with E-state index in [-0.39, 0.29) is 17.5 Å². The number of aromatic nitrogens is 2. The molecule has 0 spiro atoms. The highest BCUT2D eigenvalue weighted by Gasteiger charge is 2.37. The molecule has 1 heterocycles. The molecule has 3 rings (SSSR count). The number of benzene rings is 2. The van der Waals surface area contributed by atoms with Gasteiger partial charge in [0.2, 0.25) is 0 Å². The van der Waals surface area contributed by atoms with Crippen molar-refractivity contribution in [3.8, 4) is 0 Å². The van der Waals surface area contributed by atoms with Crippen molar-refractivity contribution in [3.05, 3.63) is 100 Å². The molecule has 3 aromatic rings. The average Bonchev–Trinajstić information content (AvgIpc) is 3.38. The van der Waals surface area contributed by atoms with Crippen LogP contribution in [0.3, 0.4) is 0 Å². The molecular formula is C30H35F9N8. The van der Waals surface area contributed by atoms with Gasteiger partial charge in [-0.05, 0) is 67.4 Å². The molecule has 17 heteroatoms. The molecule has 0 amide bonds. The number of nitrogens with zero attached hydrogens (tertiary/aromatic N) is 7. The summed E-state index contributed by atoms with van der Waals surface area (Å²) in [4.78, 5) is 7.27. The van der Waals surface area contributed by atoms with Crippen LogP contribution in [0.5, 0.6) is 0 Å². The van der Waals surface area contributed by atoms with Gasteiger partial charge in [-0.1, -0.05) is 24.8 Å². The van der Waals surface area contributed by atoms with Crippen molar-refractivity contribution in [1.82, 2.24) is 24.5 Å². The quantitative estimate of drug-likeness (QED) is 0.0859. The lowest BCUT2D eigenvalue weighted by Gasteiger charge is -2.32. The van der Waals surface area contributed by atoms with Gasteiger partial charge >= 0.3 is 18.5 Å². The number of rotatable bonds is 13. The smallest absolute Gasteiger partial charge is 0.347 e. The summed E-state index contributed by atoms with van der Waals surface area (Å²) in [7, 11) is 3.09. The van der Waals surface area contributed by atoms with E-state index in [1.165, 1.54) is 13.1 Å². The summed E-state index contributed by atoms with van der Waals surface area (Å²) < 4.78 is 125. The Labute approximate surface area is 265 Å². The summed E-state index contributed by atoms with van der Waals surface area (Å²) in [6, 6.07) is 3.81. The Morgan fingerprint density at radius 2 is 1.51 bits per heavy atom. The minimum Gasteiger partial charge on any atom is -0.347 e. The monoisotopic (exact) mass is 678 g/mol. The van der Waals surface area contributed by atoms with E-state index < -0.39 is 59.9 Å². The number of aryl methyl sites for hydroxylation is 1. The van der Waals surface area contributed by atoms with Gasteiger partial charge in [-0.15, -0.1) is 5.11 Å². The predicted molar refractivity (Wildman–Crippen MR) is 156 cm³/mol. The van der Waals surface area contributed by atoms with Gasteiger partial charge in [-0.2, -0.15) is 39.5 Å². The third-order valence-corrected chi connectivity index (χ3v) is 7.41. The molecule has 0 saturated heterocycles. The first kappa shape index (κ1) is 37.3. The van der Waals surface area contributed by atoms with Crippen molar-refractivity contribution in [3.63, 3.8) is 0 Å². The Hall–Kier alpha value is -4.12. The van der Waals surface area contributed by atoms with Gasteiger partial charge in [0, 0.05) is 51.7 Å². The topological polar surface area (TPSA) is 78.3 Å². The second kappa shape index (κ2) is 14.8. The number of halogens is 9. The molecule has 258 valence electrons. The third-order valence-electron chi connectivity index (χ3n) is 7.41. The van der Waals surface area contributed by atoms with Crippen molar-refractivity contribution in [2.75, 3.05) is 20.6 Å². The summed E-state index contributed by atoms with van der Waals surface area (Å²) in [5.74, 6) is 5.97. The number of imidazole rings is 1. The van der Waals surface area contributed by atoms with Crippen LogP contribution in [0.2, 0.25) is 0 Å². The largest absolute Gasteiger partial charge is 0.416 e. The molecule has 1 atom stereocenters. The summed E-state index contributed by atoms with van der Waals surface area (Å²) in [5, 5.41) is 8.17. The van der Waals surface area contributed by atoms with Gasteiger partial charge in [0.25, 0.3) is 0 Å². The zero-order valence-corrected chi connectivity index (χ0v) is 26.0. The SMILES string of the molecule is C=C(/N=N\N(C)N)N(Cc1cc(C(F)(F)F)cc(C(F)(F)F)c1)Cc1cc(C(F)(F)F)ccc1C(CC)N(C)CCn1ccnc1C. The van der Waals surface area contributed by atoms with Crippen LogP contribution in [0.1, 0.15) is 58.6 Å². The Morgan fingerprint density at radius 1 is 0.915 bits per heavy atom. The van der Waals surface area contributed by atoms with Crippen LogP contribution in [0.15, 0.2) is 71.5 Å². The summed E-state index contributed by atoms with van der Waals surface area (Å²) in [5.41, 5.74) is -3.93. The van der Waals surface area contributed by atoms with Gasteiger partial charge in [-0.3, -0.25) is 4.90 Å². The number of hydrazine groups is 1. The maximum atomic E-state index is 13.9. The molecule has 0 fully saturated rings. The van der Waals surface area contributed by atoms with Gasteiger partial charge in [-0.25, -0.2) is 15.9 Å². The lowest BCUT2D eigenvalue weighted by molar-refractivity contribution is -0.143. The van der Waals surface area contributed by atoms with E-state index in [4.69, 9.17) is 5.84 Å². The lowest BCUT2D eigenvalue weighted by Crippen LogP contribution is -2.30. The van der Waals surface area contributed by atoms with E-state index in [0.29, 0.717) is 37.2 Å². The molecule has 0 bridgehead atoms. The summed E-state index contributed by atoms with van der Waals surface area (Å²) in [6.07, 6.45) is -11.1. The Morgan fingerprint density at radius 3 is 2.00 bits per heavy atom. The second-order valence-electron chi connectivity index (χ2n) is 10.9. The molecule has 2 aromatic carbocycles. The first-order chi connectivity index (χ1) is 21.7. The van der Waals surface area contributed by atoms with E-state index in [1.807, 2.05) is 23.3 Å². The molecule has 1 aromatic heterocycles. The Balaban J connectivity index is 2.11. The minimum atomic E-state index is -5.11. The van der Waals surface area contributed by atoms with Crippen LogP contribution >= 0.6 is 0 Å². The van der Waals surface area contributed by atoms with E-state index in [2.05, 4.69) is 21.9 Å². The molecular weight excluding hydrogens is 643 g/mol. The molecule has 8 nitrogen and oxygen atoms in total. The van der Waals surface area contributed by atoms with Crippen molar-refractivity contribution in [1.29, 1.82) is 0 Å². The standard InChI is InChI=1S/C30H35F9N8/c1-6-27(44(4)11-12-46-10-9-41-19(46)2)26-8-7-23(28(31,32)33)15-22(26)18-47(20(3)42-43-45(5)40)17-21-13-24(29(34,35)36)16-25(14-21)30(37,38)39/h7-10,13-16,27H,3,6,11-12,17-18,40H2,1-2,4-5H3/b43-42-. The highest BCUT2D eigenvalue weighted by Crippen LogP contribution is 2.38. The average molecular weight is 679 g/mol. The summed E-state index contributed by atoms with van der Waals surface area (Å²) >= 11 is 0. The lowest BCUT2D eigenvalue weighted by atomic mass is 9.94. The number of nitrogens with two attached hydrogens (primary N) is 1. The Bertz CT molecular complexity index is 1510. The van der Waals surface area contributed by atoms with Gasteiger partial charge < -0.3 is 9.47 Å². The summed E-state index contributed by atoms with van der Waals surface area (Å²) in [6.45, 7) is 7.35. The van der Waals surface area contributed by atoms with E-state index in [0.717, 1.165) is 28.0 Å². The molecule has 0 saturated carbocycles. The van der Waals surface area contributed by atoms with Gasteiger partial charge in [0.15, 0.2) is 0 Å². The van der Waals surface area contributed by atoms with E-state index in [1.54, 1.807) is 19.4 Å². The highest BCUT2D eigenvalue weighted by atomic mass is 19.4. The normalized spacial score (nSPS) is 13.4. The van der Waals surface area contributed by atoms with Gasteiger partial charge in [0.1, 0.15) is 11.6 Å². The predicted octanol–water partition coefficient (Wildman–Crippen LogP) is 7.98. The van der Waals surface area contributed by atoms with Crippen LogP contribution in [0, 0.1) is 6.92 Å². The van der Waals surface area contributed by atoms with Crippen molar-refractivity contribution in [2.24, 2.45) is 16.2 Å². The molecule has 0 aliphatic rings. The van der Waals surface area contributed by atoms with E-state index in [9.17, 15) is 39.5 Å². The number of hydrogen-bond acceptors (Lipinski definition) is 6. The van der Waals surface area contributed by atoms with Crippen LogP contribution < -0.4 is 5.84 Å². The molecule has 47 heavy (non-hydrogen) atoms. The van der Waals surface area contributed by atoms with Crippen molar-refractivity contribution >= 4 is 0 Å². The maximum Gasteiger partial charge on any atom is 0.416 e. The van der Waals surface area contributed by atoms with Gasteiger partial charge in [0.05, 0.1) is 16.7 Å². The molecule has 2 N–H and O–H groups in total. The highest BCUT2D eigenvalue weighted by molar-refractivity contribution is 5.37. The molecule has 0 aliphatic heterocycles. The fourth-order valence-corrected chi connectivity index (χ4v) is 5.03.